The number of methoxy groups -OCH3 is 1. The molecule has 0 saturated heterocycles. The molecule has 27 heavy (non-hydrogen) atoms. The molecule has 0 saturated carbocycles. The van der Waals surface area contributed by atoms with E-state index in [1.54, 1.807) is 30.3 Å². The second kappa shape index (κ2) is 6.87. The van der Waals surface area contributed by atoms with Crippen molar-refractivity contribution in [2.75, 3.05) is 12.4 Å². The van der Waals surface area contributed by atoms with Crippen molar-refractivity contribution in [2.24, 2.45) is 0 Å². The maximum atomic E-state index is 12.5. The number of amides is 2. The molecule has 136 valence electrons. The largest absolute Gasteiger partial charge is 0.494 e. The number of carbonyl (C=O) groups excluding carboxylic acids is 2. The Bertz CT molecular complexity index is 1000. The molecule has 2 heterocycles. The van der Waals surface area contributed by atoms with Gasteiger partial charge in [-0.1, -0.05) is 18.2 Å². The highest BCUT2D eigenvalue weighted by atomic mass is 16.5. The second-order valence-electron chi connectivity index (χ2n) is 6.00. The zero-order chi connectivity index (χ0) is 18.8. The van der Waals surface area contributed by atoms with Crippen molar-refractivity contribution in [1.29, 1.82) is 0 Å². The van der Waals surface area contributed by atoms with Gasteiger partial charge in [-0.05, 0) is 34.2 Å². The number of carbonyl (C=O) groups is 2. The molecule has 1 unspecified atom stereocenters. The van der Waals surface area contributed by atoms with Gasteiger partial charge in [0.25, 0.3) is 5.91 Å². The molecule has 9 heteroatoms. The van der Waals surface area contributed by atoms with Gasteiger partial charge in [-0.3, -0.25) is 9.59 Å². The third-order valence-electron chi connectivity index (χ3n) is 4.35. The number of fused-ring (bicyclic) bond motifs is 1. The van der Waals surface area contributed by atoms with Crippen LogP contribution >= 0.6 is 0 Å². The first kappa shape index (κ1) is 16.7. The quantitative estimate of drug-likeness (QED) is 0.709. The first-order valence-electron chi connectivity index (χ1n) is 8.27. The van der Waals surface area contributed by atoms with Crippen LogP contribution in [0.25, 0.3) is 5.69 Å². The lowest BCUT2D eigenvalue weighted by molar-refractivity contribution is -0.116. The monoisotopic (exact) mass is 364 g/mol. The number of hydrogen-bond donors (Lipinski definition) is 2. The molecule has 0 bridgehead atoms. The van der Waals surface area contributed by atoms with Gasteiger partial charge in [0, 0.05) is 11.6 Å². The smallest absolute Gasteiger partial charge is 0.252 e. The Kier molecular flexibility index (Phi) is 4.25. The summed E-state index contributed by atoms with van der Waals surface area (Å²) >= 11 is 0. The molecule has 1 aliphatic heterocycles. The molecular weight excluding hydrogens is 348 g/mol. The highest BCUT2D eigenvalue weighted by molar-refractivity contribution is 6.00. The summed E-state index contributed by atoms with van der Waals surface area (Å²) in [7, 11) is 1.52. The highest BCUT2D eigenvalue weighted by Gasteiger charge is 2.29. The predicted molar refractivity (Wildman–Crippen MR) is 95.6 cm³/mol. The van der Waals surface area contributed by atoms with Crippen LogP contribution in [0.1, 0.15) is 28.4 Å². The number of rotatable bonds is 5. The normalized spacial score (nSPS) is 15.1. The van der Waals surface area contributed by atoms with E-state index < -0.39 is 0 Å². The molecule has 9 nitrogen and oxygen atoms in total. The maximum absolute atomic E-state index is 12.5. The van der Waals surface area contributed by atoms with E-state index in [1.807, 2.05) is 12.1 Å². The Morgan fingerprint density at radius 1 is 1.30 bits per heavy atom. The van der Waals surface area contributed by atoms with Gasteiger partial charge in [0.15, 0.2) is 0 Å². The van der Waals surface area contributed by atoms with E-state index in [9.17, 15) is 9.59 Å². The highest BCUT2D eigenvalue weighted by Crippen LogP contribution is 2.30. The number of nitrogens with zero attached hydrogens (tertiary/aromatic N) is 4. The van der Waals surface area contributed by atoms with Crippen molar-refractivity contribution in [3.63, 3.8) is 0 Å². The first-order chi connectivity index (χ1) is 13.2. The number of nitrogens with one attached hydrogen (secondary N) is 2. The van der Waals surface area contributed by atoms with Crippen LogP contribution in [0.3, 0.4) is 0 Å². The van der Waals surface area contributed by atoms with Gasteiger partial charge in [0.1, 0.15) is 12.1 Å². The van der Waals surface area contributed by atoms with Crippen molar-refractivity contribution in [3.05, 3.63) is 59.9 Å². The van der Waals surface area contributed by atoms with Crippen LogP contribution in [-0.4, -0.2) is 39.1 Å². The fourth-order valence-corrected chi connectivity index (χ4v) is 3.07. The van der Waals surface area contributed by atoms with Crippen molar-refractivity contribution in [1.82, 2.24) is 25.5 Å². The van der Waals surface area contributed by atoms with Crippen LogP contribution in [0.15, 0.2) is 48.8 Å². The van der Waals surface area contributed by atoms with E-state index >= 15 is 0 Å². The Morgan fingerprint density at radius 2 is 2.15 bits per heavy atom. The fraction of sp³-hybridized carbons (Fsp3) is 0.167. The number of hydrogen-bond acceptors (Lipinski definition) is 6. The minimum Gasteiger partial charge on any atom is -0.494 e. The van der Waals surface area contributed by atoms with Gasteiger partial charge >= 0.3 is 0 Å². The summed E-state index contributed by atoms with van der Waals surface area (Å²) in [4.78, 5) is 24.5. The number of tetrazole rings is 1. The minimum absolute atomic E-state index is 0.126. The van der Waals surface area contributed by atoms with Gasteiger partial charge in [0.05, 0.1) is 30.9 Å². The van der Waals surface area contributed by atoms with Crippen LogP contribution in [0.4, 0.5) is 5.69 Å². The standard InChI is InChI=1S/C18H16N6O3/c1-27-16-8-11(24-10-19-22-23-24)6-7-14(16)20-17(25)9-15-12-4-2-3-5-13(12)18(26)21-15/h2-8,10,15H,9H2,1H3,(H,20,25)(H,21,26). The van der Waals surface area contributed by atoms with E-state index in [1.165, 1.54) is 18.1 Å². The summed E-state index contributed by atoms with van der Waals surface area (Å²) in [6.45, 7) is 0. The van der Waals surface area contributed by atoms with Crippen LogP contribution in [0.5, 0.6) is 5.75 Å². The average Bonchev–Trinajstić information content (AvgIpc) is 3.32. The summed E-state index contributed by atoms with van der Waals surface area (Å²) in [6, 6.07) is 12.1. The third-order valence-corrected chi connectivity index (χ3v) is 4.35. The molecule has 0 spiro atoms. The van der Waals surface area contributed by atoms with E-state index in [4.69, 9.17) is 4.74 Å². The fourth-order valence-electron chi connectivity index (χ4n) is 3.07. The molecule has 2 N–H and O–H groups in total. The molecular formula is C18H16N6O3. The second-order valence-corrected chi connectivity index (χ2v) is 6.00. The lowest BCUT2D eigenvalue weighted by atomic mass is 10.0. The maximum Gasteiger partial charge on any atom is 0.252 e. The molecule has 1 atom stereocenters. The Balaban J connectivity index is 1.49. The minimum atomic E-state index is -0.347. The zero-order valence-corrected chi connectivity index (χ0v) is 14.4. The number of anilines is 1. The average molecular weight is 364 g/mol. The van der Waals surface area contributed by atoms with E-state index in [0.717, 1.165) is 5.56 Å². The molecule has 0 fully saturated rings. The van der Waals surface area contributed by atoms with Gasteiger partial charge in [-0.2, -0.15) is 0 Å². The van der Waals surface area contributed by atoms with Crippen LogP contribution in [0.2, 0.25) is 0 Å². The Hall–Kier alpha value is -3.75. The molecule has 0 aliphatic carbocycles. The van der Waals surface area contributed by atoms with Crippen molar-refractivity contribution in [2.45, 2.75) is 12.5 Å². The molecule has 0 radical (unpaired) electrons. The summed E-state index contributed by atoms with van der Waals surface area (Å²) in [5.74, 6) is 0.0875. The van der Waals surface area contributed by atoms with Crippen molar-refractivity contribution in [3.8, 4) is 11.4 Å². The molecule has 4 rings (SSSR count). The molecule has 2 aromatic carbocycles. The SMILES string of the molecule is COc1cc(-n2cnnn2)ccc1NC(=O)CC1NC(=O)c2ccccc21. The van der Waals surface area contributed by atoms with Gasteiger partial charge in [0.2, 0.25) is 5.91 Å². The van der Waals surface area contributed by atoms with Gasteiger partial charge in [-0.15, -0.1) is 5.10 Å². The molecule has 1 aromatic heterocycles. The van der Waals surface area contributed by atoms with Crippen molar-refractivity contribution < 1.29 is 14.3 Å². The van der Waals surface area contributed by atoms with E-state index in [-0.39, 0.29) is 24.3 Å². The molecule has 3 aromatic rings. The summed E-state index contributed by atoms with van der Waals surface area (Å²) < 4.78 is 6.85. The number of ether oxygens (including phenoxy) is 1. The Morgan fingerprint density at radius 3 is 2.93 bits per heavy atom. The van der Waals surface area contributed by atoms with Crippen LogP contribution in [0, 0.1) is 0 Å². The van der Waals surface area contributed by atoms with Gasteiger partial charge < -0.3 is 15.4 Å². The topological polar surface area (TPSA) is 111 Å². The molecule has 1 aliphatic rings. The summed E-state index contributed by atoms with van der Waals surface area (Å²) in [5.41, 5.74) is 2.67. The van der Waals surface area contributed by atoms with E-state index in [0.29, 0.717) is 22.7 Å². The summed E-state index contributed by atoms with van der Waals surface area (Å²) in [5, 5.41) is 16.7. The number of benzene rings is 2. The van der Waals surface area contributed by atoms with Crippen LogP contribution < -0.4 is 15.4 Å². The van der Waals surface area contributed by atoms with Crippen molar-refractivity contribution >= 4 is 17.5 Å². The third kappa shape index (κ3) is 3.22. The number of aromatic nitrogens is 4. The Labute approximate surface area is 154 Å². The lowest BCUT2D eigenvalue weighted by Crippen LogP contribution is -2.24. The zero-order valence-electron chi connectivity index (χ0n) is 14.4. The first-order valence-corrected chi connectivity index (χ1v) is 8.27. The van der Waals surface area contributed by atoms with Gasteiger partial charge in [-0.25, -0.2) is 4.68 Å². The molecule has 2 amide bonds. The summed E-state index contributed by atoms with van der Waals surface area (Å²) in [6.07, 6.45) is 1.59. The lowest BCUT2D eigenvalue weighted by Gasteiger charge is -2.14. The predicted octanol–water partition coefficient (Wildman–Crippen LogP) is 1.48. The van der Waals surface area contributed by atoms with E-state index in [2.05, 4.69) is 26.2 Å². The van der Waals surface area contributed by atoms with Crippen LogP contribution in [-0.2, 0) is 4.79 Å².